The predicted molar refractivity (Wildman–Crippen MR) is 82.4 cm³/mol. The van der Waals surface area contributed by atoms with Crippen LogP contribution >= 0.6 is 15.9 Å². The minimum absolute atomic E-state index is 0.111. The lowest BCUT2D eigenvalue weighted by Crippen LogP contribution is -2.40. The number of rotatable bonds is 7. The monoisotopic (exact) mass is 331 g/mol. The molecule has 4 heteroatoms. The molecular weight excluding hydrogens is 310 g/mol. The van der Waals surface area contributed by atoms with Crippen LogP contribution < -0.4 is 5.32 Å². The van der Waals surface area contributed by atoms with Gasteiger partial charge >= 0.3 is 0 Å². The van der Waals surface area contributed by atoms with Crippen LogP contribution in [-0.2, 0) is 10.8 Å². The van der Waals surface area contributed by atoms with Crippen LogP contribution in [0.25, 0.3) is 0 Å². The van der Waals surface area contributed by atoms with Crippen molar-refractivity contribution in [3.05, 3.63) is 28.7 Å². The lowest BCUT2D eigenvalue weighted by atomic mass is 10.1. The highest BCUT2D eigenvalue weighted by atomic mass is 79.9. The van der Waals surface area contributed by atoms with Crippen LogP contribution in [0.4, 0.5) is 0 Å². The maximum absolute atomic E-state index is 12.6. The number of nitrogens with one attached hydrogen (secondary N) is 1. The molecule has 1 N–H and O–H groups in total. The molecule has 3 atom stereocenters. The Morgan fingerprint density at radius 1 is 1.33 bits per heavy atom. The number of benzene rings is 1. The quantitative estimate of drug-likeness (QED) is 0.824. The van der Waals surface area contributed by atoms with E-state index >= 15 is 0 Å². The van der Waals surface area contributed by atoms with E-state index in [-0.39, 0.29) is 5.25 Å². The first-order chi connectivity index (χ1) is 8.61. The molecule has 0 aliphatic heterocycles. The molecule has 0 aliphatic carbocycles. The average Bonchev–Trinajstić information content (AvgIpc) is 2.39. The molecule has 1 aromatic carbocycles. The van der Waals surface area contributed by atoms with Crippen molar-refractivity contribution in [2.24, 2.45) is 0 Å². The van der Waals surface area contributed by atoms with E-state index in [0.717, 1.165) is 28.8 Å². The largest absolute Gasteiger partial charge is 0.313 e. The van der Waals surface area contributed by atoms with Gasteiger partial charge in [-0.05, 0) is 54.4 Å². The van der Waals surface area contributed by atoms with Crippen molar-refractivity contribution in [3.63, 3.8) is 0 Å². The van der Waals surface area contributed by atoms with Gasteiger partial charge in [0.05, 0.1) is 20.9 Å². The van der Waals surface area contributed by atoms with Crippen LogP contribution in [0.5, 0.6) is 0 Å². The van der Waals surface area contributed by atoms with Crippen LogP contribution in [0.1, 0.15) is 33.6 Å². The Hall–Kier alpha value is -0.190. The smallest absolute Gasteiger partial charge is 0.0585 e. The summed E-state index contributed by atoms with van der Waals surface area (Å²) in [5, 5.41) is 3.59. The summed E-state index contributed by atoms with van der Waals surface area (Å²) in [6.45, 7) is 7.33. The Labute approximate surface area is 121 Å². The number of halogens is 1. The van der Waals surface area contributed by atoms with E-state index in [0.29, 0.717) is 6.04 Å². The summed E-state index contributed by atoms with van der Waals surface area (Å²) >= 11 is 3.48. The maximum atomic E-state index is 12.6. The number of hydrogen-bond acceptors (Lipinski definition) is 2. The molecule has 102 valence electrons. The molecule has 2 nitrogen and oxygen atoms in total. The first kappa shape index (κ1) is 15.9. The van der Waals surface area contributed by atoms with Gasteiger partial charge in [0.1, 0.15) is 0 Å². The summed E-state index contributed by atoms with van der Waals surface area (Å²) in [4.78, 5) is 0.891. The van der Waals surface area contributed by atoms with E-state index in [2.05, 4.69) is 42.0 Å². The Morgan fingerprint density at radius 2 is 2.00 bits per heavy atom. The molecule has 0 bridgehead atoms. The van der Waals surface area contributed by atoms with Gasteiger partial charge in [-0.25, -0.2) is 0 Å². The Balaban J connectivity index is 2.79. The molecule has 0 saturated carbocycles. The highest BCUT2D eigenvalue weighted by molar-refractivity contribution is 9.10. The molecular formula is C14H22BrNOS. The van der Waals surface area contributed by atoms with Gasteiger partial charge in [-0.1, -0.05) is 26.0 Å². The van der Waals surface area contributed by atoms with Gasteiger partial charge in [0.2, 0.25) is 0 Å². The van der Waals surface area contributed by atoms with Gasteiger partial charge < -0.3 is 5.32 Å². The molecule has 0 saturated heterocycles. The Bertz CT molecular complexity index is 397. The molecule has 0 radical (unpaired) electrons. The van der Waals surface area contributed by atoms with Gasteiger partial charge in [-0.3, -0.25) is 4.21 Å². The summed E-state index contributed by atoms with van der Waals surface area (Å²) in [5.41, 5.74) is 0. The van der Waals surface area contributed by atoms with Crippen molar-refractivity contribution >= 4 is 26.7 Å². The third-order valence-electron chi connectivity index (χ3n) is 3.05. The summed E-state index contributed by atoms with van der Waals surface area (Å²) in [5.74, 6) is 0. The fourth-order valence-electron chi connectivity index (χ4n) is 1.93. The third-order valence-corrected chi connectivity index (χ3v) is 5.80. The topological polar surface area (TPSA) is 29.1 Å². The fraction of sp³-hybridized carbons (Fsp3) is 0.571. The van der Waals surface area contributed by atoms with Crippen LogP contribution in [0.2, 0.25) is 0 Å². The first-order valence-corrected chi connectivity index (χ1v) is 8.50. The van der Waals surface area contributed by atoms with E-state index in [1.807, 2.05) is 24.3 Å². The SMILES string of the molecule is CCCNC(CC)C(C)S(=O)c1ccccc1Br. The minimum Gasteiger partial charge on any atom is -0.313 e. The molecule has 0 fully saturated rings. The van der Waals surface area contributed by atoms with E-state index in [4.69, 9.17) is 0 Å². The molecule has 0 amide bonds. The normalized spacial score (nSPS) is 16.2. The van der Waals surface area contributed by atoms with Crippen molar-refractivity contribution in [1.29, 1.82) is 0 Å². The third kappa shape index (κ3) is 4.18. The summed E-state index contributed by atoms with van der Waals surface area (Å²) in [6, 6.07) is 8.06. The van der Waals surface area contributed by atoms with Gasteiger partial charge in [-0.2, -0.15) is 0 Å². The molecule has 18 heavy (non-hydrogen) atoms. The predicted octanol–water partition coefficient (Wildman–Crippen LogP) is 3.72. The highest BCUT2D eigenvalue weighted by Crippen LogP contribution is 2.23. The van der Waals surface area contributed by atoms with E-state index in [1.54, 1.807) is 0 Å². The second-order valence-electron chi connectivity index (χ2n) is 4.40. The fourth-order valence-corrected chi connectivity index (χ4v) is 4.15. The van der Waals surface area contributed by atoms with Gasteiger partial charge in [-0.15, -0.1) is 0 Å². The summed E-state index contributed by atoms with van der Waals surface area (Å²) in [7, 11) is -0.983. The molecule has 0 aliphatic rings. The average molecular weight is 332 g/mol. The van der Waals surface area contributed by atoms with Crippen molar-refractivity contribution in [2.75, 3.05) is 6.54 Å². The summed E-state index contributed by atoms with van der Waals surface area (Å²) < 4.78 is 13.5. The van der Waals surface area contributed by atoms with E-state index in [9.17, 15) is 4.21 Å². The lowest BCUT2D eigenvalue weighted by Gasteiger charge is -2.23. The zero-order chi connectivity index (χ0) is 13.5. The molecule has 3 unspecified atom stereocenters. The molecule has 1 rings (SSSR count). The second-order valence-corrected chi connectivity index (χ2v) is 7.03. The van der Waals surface area contributed by atoms with E-state index < -0.39 is 10.8 Å². The van der Waals surface area contributed by atoms with Crippen LogP contribution in [0.3, 0.4) is 0 Å². The Morgan fingerprint density at radius 3 is 2.56 bits per heavy atom. The first-order valence-electron chi connectivity index (χ1n) is 6.50. The summed E-state index contributed by atoms with van der Waals surface area (Å²) in [6.07, 6.45) is 2.10. The standard InChI is InChI=1S/C14H22BrNOS/c1-4-10-16-13(5-2)11(3)18(17)14-9-7-6-8-12(14)15/h6-9,11,13,16H,4-5,10H2,1-3H3. The number of hydrogen-bond donors (Lipinski definition) is 1. The zero-order valence-electron chi connectivity index (χ0n) is 11.3. The molecule has 0 spiro atoms. The zero-order valence-corrected chi connectivity index (χ0v) is 13.7. The van der Waals surface area contributed by atoms with Crippen LogP contribution in [0.15, 0.2) is 33.6 Å². The molecule has 1 aromatic rings. The maximum Gasteiger partial charge on any atom is 0.0585 e. The van der Waals surface area contributed by atoms with Crippen molar-refractivity contribution in [2.45, 2.75) is 49.8 Å². The van der Waals surface area contributed by atoms with Gasteiger partial charge in [0.25, 0.3) is 0 Å². The second kappa shape index (κ2) is 8.08. The van der Waals surface area contributed by atoms with Crippen molar-refractivity contribution in [1.82, 2.24) is 5.32 Å². The Kier molecular flexibility index (Phi) is 7.12. The van der Waals surface area contributed by atoms with E-state index in [1.165, 1.54) is 0 Å². The minimum atomic E-state index is -0.983. The van der Waals surface area contributed by atoms with Crippen LogP contribution in [-0.4, -0.2) is 22.0 Å². The van der Waals surface area contributed by atoms with Crippen molar-refractivity contribution in [3.8, 4) is 0 Å². The van der Waals surface area contributed by atoms with Gasteiger partial charge in [0.15, 0.2) is 0 Å². The lowest BCUT2D eigenvalue weighted by molar-refractivity contribution is 0.486. The van der Waals surface area contributed by atoms with Gasteiger partial charge in [0, 0.05) is 10.5 Å². The van der Waals surface area contributed by atoms with Crippen LogP contribution in [0, 0.1) is 0 Å². The highest BCUT2D eigenvalue weighted by Gasteiger charge is 2.23. The molecule has 0 heterocycles. The molecule has 0 aromatic heterocycles. The van der Waals surface area contributed by atoms with Crippen molar-refractivity contribution < 1.29 is 4.21 Å².